The monoisotopic (exact) mass is 648 g/mol. The Bertz CT molecular complexity index is 661. The van der Waals surface area contributed by atoms with Crippen molar-refractivity contribution in [1.29, 1.82) is 0 Å². The van der Waals surface area contributed by atoms with Gasteiger partial charge in [0.1, 0.15) is 0 Å². The van der Waals surface area contributed by atoms with E-state index in [1.165, 1.54) is 173 Å². The third-order valence-electron chi connectivity index (χ3n) is 9.43. The van der Waals surface area contributed by atoms with Crippen LogP contribution in [0, 0.1) is 0 Å². The maximum Gasteiger partial charge on any atom is 0.220 e. The van der Waals surface area contributed by atoms with E-state index in [2.05, 4.69) is 31.3 Å². The zero-order valence-corrected chi connectivity index (χ0v) is 31.1. The normalized spacial score (nSPS) is 13.2. The first kappa shape index (κ1) is 44.9. The number of nitrogens with one attached hydrogen (secondary N) is 1. The number of aliphatic hydroxyl groups is 2. The molecule has 1 unspecified atom stereocenters. The summed E-state index contributed by atoms with van der Waals surface area (Å²) in [6.07, 6.45) is 48.4. The van der Waals surface area contributed by atoms with Crippen molar-refractivity contribution < 1.29 is 15.0 Å². The highest BCUT2D eigenvalue weighted by atomic mass is 16.3. The van der Waals surface area contributed by atoms with E-state index in [1.807, 2.05) is 6.08 Å². The van der Waals surface area contributed by atoms with Crippen LogP contribution in [0.2, 0.25) is 0 Å². The highest BCUT2D eigenvalue weighted by Crippen LogP contribution is 2.14. The number of carbonyl (C=O) groups is 1. The molecule has 4 nitrogen and oxygen atoms in total. The largest absolute Gasteiger partial charge is 0.394 e. The van der Waals surface area contributed by atoms with Crippen molar-refractivity contribution in [3.8, 4) is 0 Å². The molecule has 4 heteroatoms. The SMILES string of the molecule is CCCCCCCC/C=C/CCCCCCCCCCCCCC(=O)N[C@@H](CO)C(O)/C=C/CCCCCCCCCCCCC. The third kappa shape index (κ3) is 34.2. The van der Waals surface area contributed by atoms with E-state index in [0.29, 0.717) is 6.42 Å². The molecule has 0 radical (unpaired) electrons. The molecular weight excluding hydrogens is 566 g/mol. The average molecular weight is 648 g/mol. The molecule has 0 saturated carbocycles. The fraction of sp³-hybridized carbons (Fsp3) is 0.881. The predicted molar refractivity (Wildman–Crippen MR) is 202 cm³/mol. The van der Waals surface area contributed by atoms with Crippen LogP contribution in [0.1, 0.15) is 219 Å². The van der Waals surface area contributed by atoms with Gasteiger partial charge in [0.2, 0.25) is 5.91 Å². The molecule has 0 bridgehead atoms. The number of hydrogen-bond acceptors (Lipinski definition) is 3. The lowest BCUT2D eigenvalue weighted by atomic mass is 10.0. The molecule has 0 aromatic rings. The standard InChI is InChI=1S/C42H81NO3/c1-3-5-7-9-11-13-15-17-18-19-20-21-22-23-24-26-28-30-32-34-36-38-42(46)43-40(39-44)41(45)37-35-33-31-29-27-25-16-14-12-10-8-6-4-2/h17-18,35,37,40-41,44-45H,3-16,19-34,36,38-39H2,1-2H3,(H,43,46)/b18-17+,37-35+/t40-,41?/m0/s1. The zero-order chi connectivity index (χ0) is 33.6. The lowest BCUT2D eigenvalue weighted by Gasteiger charge is -2.20. The van der Waals surface area contributed by atoms with Crippen LogP contribution in [0.5, 0.6) is 0 Å². The van der Waals surface area contributed by atoms with Crippen LogP contribution in [0.3, 0.4) is 0 Å². The molecule has 0 aliphatic heterocycles. The molecule has 2 atom stereocenters. The summed E-state index contributed by atoms with van der Waals surface area (Å²) in [6, 6.07) is -0.618. The molecule has 0 fully saturated rings. The van der Waals surface area contributed by atoms with Crippen molar-refractivity contribution in [1.82, 2.24) is 5.32 Å². The topological polar surface area (TPSA) is 69.6 Å². The first-order valence-corrected chi connectivity index (χ1v) is 20.6. The van der Waals surface area contributed by atoms with Crippen molar-refractivity contribution in [3.05, 3.63) is 24.3 Å². The lowest BCUT2D eigenvalue weighted by molar-refractivity contribution is -0.123. The van der Waals surface area contributed by atoms with Crippen molar-refractivity contribution in [2.24, 2.45) is 0 Å². The van der Waals surface area contributed by atoms with Crippen LogP contribution in [0.4, 0.5) is 0 Å². The van der Waals surface area contributed by atoms with Gasteiger partial charge in [-0.2, -0.15) is 0 Å². The van der Waals surface area contributed by atoms with Gasteiger partial charge in [-0.25, -0.2) is 0 Å². The highest BCUT2D eigenvalue weighted by Gasteiger charge is 2.17. The van der Waals surface area contributed by atoms with Crippen LogP contribution in [0.25, 0.3) is 0 Å². The molecule has 0 aliphatic rings. The van der Waals surface area contributed by atoms with Crippen LogP contribution in [0.15, 0.2) is 24.3 Å². The molecule has 0 aromatic carbocycles. The minimum absolute atomic E-state index is 0.0647. The highest BCUT2D eigenvalue weighted by molar-refractivity contribution is 5.76. The molecule has 0 heterocycles. The number of aliphatic hydroxyl groups excluding tert-OH is 2. The van der Waals surface area contributed by atoms with E-state index in [9.17, 15) is 15.0 Å². The van der Waals surface area contributed by atoms with Crippen molar-refractivity contribution >= 4 is 5.91 Å². The van der Waals surface area contributed by atoms with Gasteiger partial charge in [0.05, 0.1) is 18.8 Å². The van der Waals surface area contributed by atoms with Crippen molar-refractivity contribution in [2.75, 3.05) is 6.61 Å². The second-order valence-corrected chi connectivity index (χ2v) is 14.1. The molecule has 0 aromatic heterocycles. The number of hydrogen-bond donors (Lipinski definition) is 3. The van der Waals surface area contributed by atoms with E-state index in [-0.39, 0.29) is 12.5 Å². The smallest absolute Gasteiger partial charge is 0.220 e. The Balaban J connectivity index is 3.55. The summed E-state index contributed by atoms with van der Waals surface area (Å²) in [7, 11) is 0. The Labute approximate surface area is 288 Å². The van der Waals surface area contributed by atoms with E-state index in [0.717, 1.165) is 25.7 Å². The zero-order valence-electron chi connectivity index (χ0n) is 31.1. The second kappa shape index (κ2) is 38.3. The van der Waals surface area contributed by atoms with E-state index in [1.54, 1.807) is 6.08 Å². The molecule has 0 aliphatic carbocycles. The Morgan fingerprint density at radius 3 is 1.20 bits per heavy atom. The quantitative estimate of drug-likeness (QED) is 0.0464. The number of allylic oxidation sites excluding steroid dienone is 3. The minimum atomic E-state index is -0.835. The molecule has 1 amide bonds. The summed E-state index contributed by atoms with van der Waals surface area (Å²) in [5.41, 5.74) is 0. The summed E-state index contributed by atoms with van der Waals surface area (Å²) in [5.74, 6) is -0.0647. The van der Waals surface area contributed by atoms with Gasteiger partial charge in [-0.15, -0.1) is 0 Å². The maximum atomic E-state index is 12.3. The van der Waals surface area contributed by atoms with Gasteiger partial charge >= 0.3 is 0 Å². The first-order chi connectivity index (χ1) is 22.7. The molecule has 0 saturated heterocycles. The third-order valence-corrected chi connectivity index (χ3v) is 9.43. The summed E-state index contributed by atoms with van der Waals surface area (Å²) >= 11 is 0. The first-order valence-electron chi connectivity index (χ1n) is 20.6. The molecule has 3 N–H and O–H groups in total. The number of unbranched alkanes of at least 4 members (excludes halogenated alkanes) is 28. The lowest BCUT2D eigenvalue weighted by Crippen LogP contribution is -2.45. The summed E-state index contributed by atoms with van der Waals surface area (Å²) in [4.78, 5) is 12.3. The van der Waals surface area contributed by atoms with Gasteiger partial charge in [0.15, 0.2) is 0 Å². The molecule has 272 valence electrons. The van der Waals surface area contributed by atoms with Gasteiger partial charge in [0.25, 0.3) is 0 Å². The Morgan fingerprint density at radius 2 is 0.826 bits per heavy atom. The average Bonchev–Trinajstić information content (AvgIpc) is 3.06. The summed E-state index contributed by atoms with van der Waals surface area (Å²) < 4.78 is 0. The second-order valence-electron chi connectivity index (χ2n) is 14.1. The van der Waals surface area contributed by atoms with Gasteiger partial charge in [-0.3, -0.25) is 4.79 Å². The van der Waals surface area contributed by atoms with Crippen LogP contribution in [-0.4, -0.2) is 34.9 Å². The Kier molecular flexibility index (Phi) is 37.4. The van der Waals surface area contributed by atoms with Gasteiger partial charge < -0.3 is 15.5 Å². The molecular formula is C42H81NO3. The fourth-order valence-corrected chi connectivity index (χ4v) is 6.23. The number of rotatable bonds is 37. The fourth-order valence-electron chi connectivity index (χ4n) is 6.23. The van der Waals surface area contributed by atoms with E-state index < -0.39 is 12.1 Å². The van der Waals surface area contributed by atoms with Crippen molar-refractivity contribution in [3.63, 3.8) is 0 Å². The predicted octanol–water partition coefficient (Wildman–Crippen LogP) is 12.5. The summed E-state index contributed by atoms with van der Waals surface area (Å²) in [6.45, 7) is 4.30. The van der Waals surface area contributed by atoms with Crippen molar-refractivity contribution in [2.45, 2.75) is 231 Å². The van der Waals surface area contributed by atoms with Crippen LogP contribution >= 0.6 is 0 Å². The summed E-state index contributed by atoms with van der Waals surface area (Å²) in [5, 5.41) is 22.9. The number of amides is 1. The van der Waals surface area contributed by atoms with Gasteiger partial charge in [-0.05, 0) is 44.9 Å². The van der Waals surface area contributed by atoms with E-state index in [4.69, 9.17) is 0 Å². The molecule has 46 heavy (non-hydrogen) atoms. The molecule has 0 rings (SSSR count). The maximum absolute atomic E-state index is 12.3. The Hall–Kier alpha value is -1.13. The number of carbonyl (C=O) groups excluding carboxylic acids is 1. The van der Waals surface area contributed by atoms with Crippen LogP contribution in [-0.2, 0) is 4.79 Å². The van der Waals surface area contributed by atoms with E-state index >= 15 is 0 Å². The Morgan fingerprint density at radius 1 is 0.500 bits per heavy atom. The van der Waals surface area contributed by atoms with Gasteiger partial charge in [0, 0.05) is 6.42 Å². The molecule has 0 spiro atoms. The minimum Gasteiger partial charge on any atom is -0.394 e. The van der Waals surface area contributed by atoms with Gasteiger partial charge in [-0.1, -0.05) is 192 Å². The van der Waals surface area contributed by atoms with Crippen LogP contribution < -0.4 is 5.32 Å².